The van der Waals surface area contributed by atoms with Gasteiger partial charge in [0.2, 0.25) is 5.91 Å². The highest BCUT2D eigenvalue weighted by molar-refractivity contribution is 7.10. The van der Waals surface area contributed by atoms with Crippen LogP contribution in [0.25, 0.3) is 6.08 Å². The van der Waals surface area contributed by atoms with Gasteiger partial charge >= 0.3 is 0 Å². The van der Waals surface area contributed by atoms with E-state index in [1.807, 2.05) is 52.6 Å². The van der Waals surface area contributed by atoms with Crippen molar-refractivity contribution in [1.82, 2.24) is 4.90 Å². The minimum Gasteiger partial charge on any atom is -0.339 e. The van der Waals surface area contributed by atoms with Crippen molar-refractivity contribution in [3.05, 3.63) is 64.4 Å². The molecular weight excluding hydrogens is 278 g/mol. The number of carbonyl (C=O) groups excluding carboxylic acids is 1. The standard InChI is InChI=1S/C18H19NOS/c20-18(9-8-15-5-2-1-3-6-15)19-12-10-16(11-13-19)17-7-4-14-21-17/h1-9,14,16H,10-13H2. The fraction of sp³-hybridized carbons (Fsp3) is 0.278. The summed E-state index contributed by atoms with van der Waals surface area (Å²) in [5.41, 5.74) is 1.07. The van der Waals surface area contributed by atoms with E-state index in [0.29, 0.717) is 5.92 Å². The van der Waals surface area contributed by atoms with Gasteiger partial charge in [0.25, 0.3) is 0 Å². The normalized spacial score (nSPS) is 16.5. The third-order valence-corrected chi connectivity index (χ3v) is 5.00. The fourth-order valence-electron chi connectivity index (χ4n) is 2.75. The highest BCUT2D eigenvalue weighted by atomic mass is 32.1. The summed E-state index contributed by atoms with van der Waals surface area (Å²) in [6, 6.07) is 14.3. The first-order valence-corrected chi connectivity index (χ1v) is 8.26. The Morgan fingerprint density at radius 1 is 1.10 bits per heavy atom. The molecule has 0 N–H and O–H groups in total. The number of carbonyl (C=O) groups is 1. The fourth-order valence-corrected chi connectivity index (χ4v) is 3.64. The number of hydrogen-bond acceptors (Lipinski definition) is 2. The summed E-state index contributed by atoms with van der Waals surface area (Å²) in [6.07, 6.45) is 5.74. The monoisotopic (exact) mass is 297 g/mol. The first kappa shape index (κ1) is 14.1. The first-order chi connectivity index (χ1) is 10.3. The Morgan fingerprint density at radius 3 is 2.52 bits per heavy atom. The maximum atomic E-state index is 12.2. The maximum Gasteiger partial charge on any atom is 0.246 e. The first-order valence-electron chi connectivity index (χ1n) is 7.38. The average molecular weight is 297 g/mol. The lowest BCUT2D eigenvalue weighted by Gasteiger charge is -2.30. The van der Waals surface area contributed by atoms with Gasteiger partial charge in [0.1, 0.15) is 0 Å². The molecule has 2 heterocycles. The molecule has 3 heteroatoms. The van der Waals surface area contributed by atoms with Crippen molar-refractivity contribution in [2.45, 2.75) is 18.8 Å². The Kier molecular flexibility index (Phi) is 4.51. The molecule has 108 valence electrons. The van der Waals surface area contributed by atoms with Gasteiger partial charge in [0.05, 0.1) is 0 Å². The van der Waals surface area contributed by atoms with Crippen LogP contribution in [0.3, 0.4) is 0 Å². The molecular formula is C18H19NOS. The van der Waals surface area contributed by atoms with E-state index in [-0.39, 0.29) is 5.91 Å². The highest BCUT2D eigenvalue weighted by Crippen LogP contribution is 2.31. The van der Waals surface area contributed by atoms with Crippen molar-refractivity contribution in [1.29, 1.82) is 0 Å². The molecule has 1 saturated heterocycles. The number of thiophene rings is 1. The Morgan fingerprint density at radius 2 is 1.86 bits per heavy atom. The van der Waals surface area contributed by atoms with Crippen molar-refractivity contribution in [3.8, 4) is 0 Å². The molecule has 0 saturated carbocycles. The summed E-state index contributed by atoms with van der Waals surface area (Å²) >= 11 is 1.83. The number of amides is 1. The number of likely N-dealkylation sites (tertiary alicyclic amines) is 1. The molecule has 2 nitrogen and oxygen atoms in total. The lowest BCUT2D eigenvalue weighted by Crippen LogP contribution is -2.36. The van der Waals surface area contributed by atoms with Gasteiger partial charge in [-0.2, -0.15) is 0 Å². The van der Waals surface area contributed by atoms with Crippen LogP contribution in [0.1, 0.15) is 29.2 Å². The van der Waals surface area contributed by atoms with Crippen molar-refractivity contribution < 1.29 is 4.79 Å². The molecule has 21 heavy (non-hydrogen) atoms. The molecule has 0 radical (unpaired) electrons. The summed E-state index contributed by atoms with van der Waals surface area (Å²) in [5.74, 6) is 0.760. The van der Waals surface area contributed by atoms with Crippen molar-refractivity contribution in [2.75, 3.05) is 13.1 Å². The van der Waals surface area contributed by atoms with Gasteiger partial charge in [-0.3, -0.25) is 4.79 Å². The number of rotatable bonds is 3. The molecule has 0 atom stereocenters. The third-order valence-electron chi connectivity index (χ3n) is 3.97. The molecule has 1 amide bonds. The molecule has 1 aromatic carbocycles. The van der Waals surface area contributed by atoms with E-state index < -0.39 is 0 Å². The minimum atomic E-state index is 0.128. The van der Waals surface area contributed by atoms with Crippen LogP contribution in [0, 0.1) is 0 Å². The predicted molar refractivity (Wildman–Crippen MR) is 88.4 cm³/mol. The average Bonchev–Trinajstić information content (AvgIpc) is 3.08. The summed E-state index contributed by atoms with van der Waals surface area (Å²) in [5, 5.41) is 2.13. The third kappa shape index (κ3) is 3.61. The molecule has 0 bridgehead atoms. The van der Waals surface area contributed by atoms with Gasteiger partial charge in [0, 0.05) is 24.0 Å². The smallest absolute Gasteiger partial charge is 0.246 e. The summed E-state index contributed by atoms with van der Waals surface area (Å²) in [4.78, 5) is 15.6. The second kappa shape index (κ2) is 6.72. The van der Waals surface area contributed by atoms with Crippen LogP contribution in [-0.2, 0) is 4.79 Å². The van der Waals surface area contributed by atoms with Crippen LogP contribution >= 0.6 is 11.3 Å². The van der Waals surface area contributed by atoms with Gasteiger partial charge in [-0.15, -0.1) is 11.3 Å². The second-order valence-electron chi connectivity index (χ2n) is 5.36. The predicted octanol–water partition coefficient (Wildman–Crippen LogP) is 4.17. The molecule has 1 aliphatic rings. The molecule has 2 aromatic rings. The van der Waals surface area contributed by atoms with Crippen molar-refractivity contribution in [3.63, 3.8) is 0 Å². The molecule has 1 aromatic heterocycles. The molecule has 0 spiro atoms. The Hall–Kier alpha value is -1.87. The van der Waals surface area contributed by atoms with Crippen LogP contribution in [0.4, 0.5) is 0 Å². The van der Waals surface area contributed by atoms with Gasteiger partial charge in [-0.1, -0.05) is 36.4 Å². The number of benzene rings is 1. The van der Waals surface area contributed by atoms with Gasteiger partial charge in [-0.05, 0) is 41.8 Å². The maximum absolute atomic E-state index is 12.2. The summed E-state index contributed by atoms with van der Waals surface area (Å²) in [6.45, 7) is 1.72. The van der Waals surface area contributed by atoms with Crippen LogP contribution in [0.15, 0.2) is 53.9 Å². The zero-order chi connectivity index (χ0) is 14.5. The SMILES string of the molecule is O=C(C=Cc1ccccc1)N1CCC(c2cccs2)CC1. The van der Waals surface area contributed by atoms with E-state index in [4.69, 9.17) is 0 Å². The Balaban J connectivity index is 1.54. The van der Waals surface area contributed by atoms with Gasteiger partial charge < -0.3 is 4.90 Å². The number of piperidine rings is 1. The van der Waals surface area contributed by atoms with E-state index in [9.17, 15) is 4.79 Å². The minimum absolute atomic E-state index is 0.128. The molecule has 0 unspecified atom stereocenters. The van der Waals surface area contributed by atoms with Crippen LogP contribution in [0.5, 0.6) is 0 Å². The highest BCUT2D eigenvalue weighted by Gasteiger charge is 2.23. The van der Waals surface area contributed by atoms with Gasteiger partial charge in [0.15, 0.2) is 0 Å². The van der Waals surface area contributed by atoms with Crippen LogP contribution < -0.4 is 0 Å². The largest absolute Gasteiger partial charge is 0.339 e. The summed E-state index contributed by atoms with van der Waals surface area (Å²) < 4.78 is 0. The zero-order valence-corrected chi connectivity index (χ0v) is 12.8. The van der Waals surface area contributed by atoms with E-state index in [1.165, 1.54) is 4.88 Å². The molecule has 3 rings (SSSR count). The Labute approximate surface area is 129 Å². The number of hydrogen-bond donors (Lipinski definition) is 0. The second-order valence-corrected chi connectivity index (χ2v) is 6.34. The van der Waals surface area contributed by atoms with Crippen LogP contribution in [0.2, 0.25) is 0 Å². The van der Waals surface area contributed by atoms with Gasteiger partial charge in [-0.25, -0.2) is 0 Å². The van der Waals surface area contributed by atoms with Crippen molar-refractivity contribution >= 4 is 23.3 Å². The lowest BCUT2D eigenvalue weighted by atomic mass is 9.95. The van der Waals surface area contributed by atoms with E-state index in [0.717, 1.165) is 31.5 Å². The zero-order valence-electron chi connectivity index (χ0n) is 11.9. The topological polar surface area (TPSA) is 20.3 Å². The van der Waals surface area contributed by atoms with E-state index >= 15 is 0 Å². The molecule has 1 fully saturated rings. The van der Waals surface area contributed by atoms with E-state index in [2.05, 4.69) is 17.5 Å². The van der Waals surface area contributed by atoms with Crippen molar-refractivity contribution in [2.24, 2.45) is 0 Å². The summed E-state index contributed by atoms with van der Waals surface area (Å²) in [7, 11) is 0. The Bertz CT molecular complexity index is 595. The lowest BCUT2D eigenvalue weighted by molar-refractivity contribution is -0.126. The van der Waals surface area contributed by atoms with Crippen LogP contribution in [-0.4, -0.2) is 23.9 Å². The molecule has 0 aliphatic carbocycles. The van der Waals surface area contributed by atoms with E-state index in [1.54, 1.807) is 6.08 Å². The number of nitrogens with zero attached hydrogens (tertiary/aromatic N) is 1. The molecule has 1 aliphatic heterocycles. The quantitative estimate of drug-likeness (QED) is 0.779.